The number of aromatic nitrogens is 2. The van der Waals surface area contributed by atoms with Crippen LogP contribution in [0, 0.1) is 6.92 Å². The number of benzene rings is 1. The van der Waals surface area contributed by atoms with Crippen LogP contribution in [0.4, 0.5) is 0 Å². The third-order valence-corrected chi connectivity index (χ3v) is 3.38. The van der Waals surface area contributed by atoms with Gasteiger partial charge in [-0.3, -0.25) is 5.10 Å². The van der Waals surface area contributed by atoms with Gasteiger partial charge >= 0.3 is 11.9 Å². The normalized spacial score (nSPS) is 10.5. The quantitative estimate of drug-likeness (QED) is 0.479. The third kappa shape index (κ3) is 8.68. The molecule has 0 saturated carbocycles. The topological polar surface area (TPSA) is 116 Å². The molecule has 0 atom stereocenters. The Labute approximate surface area is 158 Å². The van der Waals surface area contributed by atoms with Crippen LogP contribution in [0.5, 0.6) is 5.88 Å². The fourth-order valence-electron chi connectivity index (χ4n) is 2.10. The minimum atomic E-state index is -1.26. The lowest BCUT2D eigenvalue weighted by molar-refractivity contribution is -0.134. The van der Waals surface area contributed by atoms with Gasteiger partial charge in [0.2, 0.25) is 5.88 Å². The number of H-pyrrole nitrogens is 1. The number of rotatable bonds is 8. The molecule has 0 aliphatic heterocycles. The molecule has 0 saturated heterocycles. The predicted molar refractivity (Wildman–Crippen MR) is 102 cm³/mol. The lowest BCUT2D eigenvalue weighted by Crippen LogP contribution is -2.15. The maximum atomic E-state index is 9.55. The van der Waals surface area contributed by atoms with Gasteiger partial charge in [-0.1, -0.05) is 30.3 Å². The van der Waals surface area contributed by atoms with Crippen molar-refractivity contribution >= 4 is 11.9 Å². The largest absolute Gasteiger partial charge is 0.478 e. The zero-order chi connectivity index (χ0) is 20.2. The third-order valence-electron chi connectivity index (χ3n) is 3.38. The fourth-order valence-corrected chi connectivity index (χ4v) is 2.10. The lowest BCUT2D eigenvalue weighted by Gasteiger charge is -2.09. The Morgan fingerprint density at radius 2 is 1.74 bits per heavy atom. The molecule has 1 aromatic carbocycles. The molecule has 2 rings (SSSR count). The summed E-state index contributed by atoms with van der Waals surface area (Å²) in [6.45, 7) is 3.75. The van der Waals surface area contributed by atoms with E-state index in [2.05, 4.69) is 41.3 Å². The number of carboxylic acids is 2. The van der Waals surface area contributed by atoms with Crippen LogP contribution in [-0.4, -0.2) is 64.5 Å². The average molecular weight is 375 g/mol. The standard InChI is InChI=1S/C15H21N3O.C4H4O4/c1-12-14(13-8-5-4-6-9-13)16-17-15(12)19-11-7-10-18(2)3;5-3(6)1-2-4(7)8/h4-6,8-9H,7,10-11H2,1-3H3,(H,16,17);1-2H,(H,5,6)(H,7,8)/b;2-1+. The van der Waals surface area contributed by atoms with E-state index in [1.165, 1.54) is 0 Å². The maximum absolute atomic E-state index is 9.55. The van der Waals surface area contributed by atoms with Crippen LogP contribution in [0.1, 0.15) is 12.0 Å². The van der Waals surface area contributed by atoms with Gasteiger partial charge in [-0.15, -0.1) is 5.10 Å². The highest BCUT2D eigenvalue weighted by Gasteiger charge is 2.11. The Morgan fingerprint density at radius 1 is 1.15 bits per heavy atom. The number of hydrogen-bond donors (Lipinski definition) is 3. The van der Waals surface area contributed by atoms with Crippen molar-refractivity contribution in [2.45, 2.75) is 13.3 Å². The predicted octanol–water partition coefficient (Wildman–Crippen LogP) is 2.43. The monoisotopic (exact) mass is 375 g/mol. The Kier molecular flexibility index (Phi) is 9.32. The molecule has 0 bridgehead atoms. The summed E-state index contributed by atoms with van der Waals surface area (Å²) in [4.78, 5) is 21.3. The second-order valence-electron chi connectivity index (χ2n) is 5.91. The number of nitrogens with zero attached hydrogens (tertiary/aromatic N) is 2. The number of ether oxygens (including phenoxy) is 1. The van der Waals surface area contributed by atoms with Gasteiger partial charge in [-0.2, -0.15) is 0 Å². The van der Waals surface area contributed by atoms with Crippen LogP contribution in [-0.2, 0) is 9.59 Å². The summed E-state index contributed by atoms with van der Waals surface area (Å²) in [5, 5.41) is 22.9. The molecule has 0 fully saturated rings. The van der Waals surface area contributed by atoms with Crippen molar-refractivity contribution in [1.29, 1.82) is 0 Å². The minimum absolute atomic E-state index is 0.558. The summed E-state index contributed by atoms with van der Waals surface area (Å²) in [6, 6.07) is 10.2. The lowest BCUT2D eigenvalue weighted by atomic mass is 10.1. The molecule has 0 spiro atoms. The second kappa shape index (κ2) is 11.5. The highest BCUT2D eigenvalue weighted by atomic mass is 16.5. The molecule has 0 radical (unpaired) electrons. The first-order valence-corrected chi connectivity index (χ1v) is 8.33. The molecule has 27 heavy (non-hydrogen) atoms. The highest BCUT2D eigenvalue weighted by Crippen LogP contribution is 2.26. The number of carbonyl (C=O) groups is 2. The van der Waals surface area contributed by atoms with Crippen molar-refractivity contribution in [3.8, 4) is 17.1 Å². The van der Waals surface area contributed by atoms with Crippen molar-refractivity contribution < 1.29 is 24.5 Å². The number of nitrogens with one attached hydrogen (secondary N) is 1. The van der Waals surface area contributed by atoms with Crippen molar-refractivity contribution in [1.82, 2.24) is 15.1 Å². The van der Waals surface area contributed by atoms with Gasteiger partial charge in [-0.25, -0.2) is 9.59 Å². The van der Waals surface area contributed by atoms with Gasteiger partial charge < -0.3 is 19.8 Å². The second-order valence-corrected chi connectivity index (χ2v) is 5.91. The maximum Gasteiger partial charge on any atom is 0.328 e. The summed E-state index contributed by atoms with van der Waals surface area (Å²) in [7, 11) is 4.13. The average Bonchev–Trinajstić information content (AvgIpc) is 2.99. The van der Waals surface area contributed by atoms with E-state index in [1.807, 2.05) is 25.1 Å². The number of hydrogen-bond acceptors (Lipinski definition) is 5. The van der Waals surface area contributed by atoms with E-state index in [-0.39, 0.29) is 0 Å². The minimum Gasteiger partial charge on any atom is -0.478 e. The number of aliphatic carboxylic acids is 2. The number of aromatic amines is 1. The molecule has 1 heterocycles. The van der Waals surface area contributed by atoms with Gasteiger partial charge in [0.05, 0.1) is 12.3 Å². The Bertz CT molecular complexity index is 738. The van der Waals surface area contributed by atoms with E-state index in [1.54, 1.807) is 0 Å². The molecule has 0 aliphatic carbocycles. The van der Waals surface area contributed by atoms with Crippen LogP contribution < -0.4 is 4.74 Å². The van der Waals surface area contributed by atoms with E-state index >= 15 is 0 Å². The van der Waals surface area contributed by atoms with Crippen molar-refractivity contribution in [3.05, 3.63) is 48.0 Å². The molecule has 0 amide bonds. The van der Waals surface area contributed by atoms with E-state index in [4.69, 9.17) is 14.9 Å². The molecule has 2 aromatic rings. The molecule has 1 aromatic heterocycles. The first-order chi connectivity index (χ1) is 12.8. The Morgan fingerprint density at radius 3 is 2.26 bits per heavy atom. The Hall–Kier alpha value is -3.13. The number of carboxylic acid groups (broad SMARTS) is 2. The van der Waals surface area contributed by atoms with Crippen molar-refractivity contribution in [2.75, 3.05) is 27.2 Å². The van der Waals surface area contributed by atoms with E-state index in [0.717, 1.165) is 29.8 Å². The van der Waals surface area contributed by atoms with Gasteiger partial charge in [0, 0.05) is 24.3 Å². The summed E-state index contributed by atoms with van der Waals surface area (Å²) in [5.74, 6) is -1.81. The van der Waals surface area contributed by atoms with E-state index < -0.39 is 11.9 Å². The zero-order valence-corrected chi connectivity index (χ0v) is 15.7. The summed E-state index contributed by atoms with van der Waals surface area (Å²) >= 11 is 0. The van der Waals surface area contributed by atoms with Gasteiger partial charge in [0.1, 0.15) is 0 Å². The van der Waals surface area contributed by atoms with Gasteiger partial charge in [0.25, 0.3) is 0 Å². The molecule has 0 unspecified atom stereocenters. The van der Waals surface area contributed by atoms with Crippen LogP contribution in [0.15, 0.2) is 42.5 Å². The van der Waals surface area contributed by atoms with E-state index in [0.29, 0.717) is 24.6 Å². The molecule has 0 aliphatic rings. The fraction of sp³-hybridized carbons (Fsp3) is 0.316. The molecule has 146 valence electrons. The summed E-state index contributed by atoms with van der Waals surface area (Å²) in [6.07, 6.45) is 2.12. The smallest absolute Gasteiger partial charge is 0.328 e. The van der Waals surface area contributed by atoms with Gasteiger partial charge in [0.15, 0.2) is 0 Å². The molecular formula is C19H25N3O5. The van der Waals surface area contributed by atoms with Crippen molar-refractivity contribution in [3.63, 3.8) is 0 Å². The van der Waals surface area contributed by atoms with E-state index in [9.17, 15) is 9.59 Å². The molecular weight excluding hydrogens is 350 g/mol. The SMILES string of the molecule is Cc1c(OCCCN(C)C)n[nH]c1-c1ccccc1.O=C(O)/C=C/C(=O)O. The highest BCUT2D eigenvalue weighted by molar-refractivity contribution is 5.89. The first-order valence-electron chi connectivity index (χ1n) is 8.33. The van der Waals surface area contributed by atoms with Crippen LogP contribution >= 0.6 is 0 Å². The van der Waals surface area contributed by atoms with Crippen LogP contribution in [0.3, 0.4) is 0 Å². The first kappa shape index (κ1) is 21.9. The zero-order valence-electron chi connectivity index (χ0n) is 15.7. The van der Waals surface area contributed by atoms with Crippen molar-refractivity contribution in [2.24, 2.45) is 0 Å². The summed E-state index contributed by atoms with van der Waals surface area (Å²) in [5.41, 5.74) is 3.23. The Balaban J connectivity index is 0.000000387. The molecule has 3 N–H and O–H groups in total. The molecule has 8 heteroatoms. The van der Waals surface area contributed by atoms with Crippen LogP contribution in [0.25, 0.3) is 11.3 Å². The van der Waals surface area contributed by atoms with Crippen LogP contribution in [0.2, 0.25) is 0 Å². The summed E-state index contributed by atoms with van der Waals surface area (Å²) < 4.78 is 5.72. The van der Waals surface area contributed by atoms with Gasteiger partial charge in [-0.05, 0) is 33.0 Å². The molecule has 8 nitrogen and oxygen atoms in total.